The fraction of sp³-hybridized carbons (Fsp3) is 0.273. The third-order valence-electron chi connectivity index (χ3n) is 4.17. The molecule has 4 N–H and O–H groups in total. The second-order valence-electron chi connectivity index (χ2n) is 6.50. The van der Waals surface area contributed by atoms with Gasteiger partial charge < -0.3 is 21.1 Å². The third kappa shape index (κ3) is 7.25. The van der Waals surface area contributed by atoms with Crippen LogP contribution in [-0.4, -0.2) is 31.0 Å². The van der Waals surface area contributed by atoms with Gasteiger partial charge in [-0.25, -0.2) is 0 Å². The Morgan fingerprint density at radius 2 is 1.79 bits per heavy atom. The smallest absolute Gasteiger partial charge is 0.248 e. The first kappa shape index (κ1) is 21.2. The van der Waals surface area contributed by atoms with Gasteiger partial charge in [-0.05, 0) is 49.6 Å². The van der Waals surface area contributed by atoms with Crippen LogP contribution in [0.25, 0.3) is 0 Å². The van der Waals surface area contributed by atoms with Crippen molar-refractivity contribution < 1.29 is 14.3 Å². The molecule has 0 bridgehead atoms. The topological polar surface area (TPSA) is 93.5 Å². The SMILES string of the molecule is COc1ccc(NC(=O)/C=C/[C@H](CCc2ccccc2)NC(=O)[C@H](C)N)cc1. The standard InChI is InChI=1S/C22H27N3O3/c1-16(23)22(27)25-19(9-8-17-6-4-3-5-7-17)12-15-21(26)24-18-10-13-20(28-2)14-11-18/h3-7,10-16,19H,8-9,23H2,1-2H3,(H,24,26)(H,25,27)/b15-12+/t16-,19-/m0/s1. The lowest BCUT2D eigenvalue weighted by atomic mass is 10.0. The van der Waals surface area contributed by atoms with Gasteiger partial charge in [-0.15, -0.1) is 0 Å². The van der Waals surface area contributed by atoms with Crippen LogP contribution in [0.5, 0.6) is 5.75 Å². The van der Waals surface area contributed by atoms with Crippen molar-refractivity contribution in [3.8, 4) is 5.75 Å². The van der Waals surface area contributed by atoms with E-state index < -0.39 is 6.04 Å². The van der Waals surface area contributed by atoms with E-state index in [1.807, 2.05) is 30.3 Å². The molecule has 6 nitrogen and oxygen atoms in total. The van der Waals surface area contributed by atoms with Crippen LogP contribution >= 0.6 is 0 Å². The molecule has 0 aliphatic heterocycles. The fourth-order valence-electron chi connectivity index (χ4n) is 2.56. The number of nitrogens with two attached hydrogens (primary N) is 1. The molecule has 2 aromatic rings. The first-order valence-corrected chi connectivity index (χ1v) is 9.21. The molecule has 0 aliphatic carbocycles. The van der Waals surface area contributed by atoms with Crippen LogP contribution in [-0.2, 0) is 16.0 Å². The predicted molar refractivity (Wildman–Crippen MR) is 111 cm³/mol. The Bertz CT molecular complexity index is 786. The van der Waals surface area contributed by atoms with Crippen LogP contribution in [0, 0.1) is 0 Å². The van der Waals surface area contributed by atoms with Crippen LogP contribution in [0.3, 0.4) is 0 Å². The van der Waals surface area contributed by atoms with Crippen molar-refractivity contribution in [2.24, 2.45) is 5.73 Å². The maximum atomic E-state index is 12.2. The average Bonchev–Trinajstić information content (AvgIpc) is 2.71. The predicted octanol–water partition coefficient (Wildman–Crippen LogP) is 2.65. The van der Waals surface area contributed by atoms with Crippen molar-refractivity contribution in [2.45, 2.75) is 31.8 Å². The molecule has 0 unspecified atom stereocenters. The van der Waals surface area contributed by atoms with Crippen LogP contribution in [0.1, 0.15) is 18.9 Å². The average molecular weight is 381 g/mol. The summed E-state index contributed by atoms with van der Waals surface area (Å²) in [6.07, 6.45) is 4.56. The van der Waals surface area contributed by atoms with Gasteiger partial charge in [0.05, 0.1) is 13.2 Å². The summed E-state index contributed by atoms with van der Waals surface area (Å²) in [6.45, 7) is 1.63. The van der Waals surface area contributed by atoms with Crippen LogP contribution in [0.15, 0.2) is 66.7 Å². The van der Waals surface area contributed by atoms with Gasteiger partial charge in [0.2, 0.25) is 11.8 Å². The minimum Gasteiger partial charge on any atom is -0.497 e. The number of carbonyl (C=O) groups is 2. The van der Waals surface area contributed by atoms with E-state index in [1.54, 1.807) is 44.4 Å². The highest BCUT2D eigenvalue weighted by Crippen LogP contribution is 2.15. The van der Waals surface area contributed by atoms with Gasteiger partial charge in [0.1, 0.15) is 5.75 Å². The molecule has 0 fully saturated rings. The number of hydrogen-bond acceptors (Lipinski definition) is 4. The molecule has 2 amide bonds. The van der Waals surface area contributed by atoms with E-state index in [2.05, 4.69) is 10.6 Å². The fourth-order valence-corrected chi connectivity index (χ4v) is 2.56. The summed E-state index contributed by atoms with van der Waals surface area (Å²) in [5.41, 5.74) is 7.48. The number of aryl methyl sites for hydroxylation is 1. The molecule has 0 saturated heterocycles. The Kier molecular flexibility index (Phi) is 8.24. The van der Waals surface area contributed by atoms with E-state index in [9.17, 15) is 9.59 Å². The molecule has 0 radical (unpaired) electrons. The van der Waals surface area contributed by atoms with Gasteiger partial charge in [-0.2, -0.15) is 0 Å². The van der Waals surface area contributed by atoms with Crippen LogP contribution in [0.2, 0.25) is 0 Å². The van der Waals surface area contributed by atoms with Gasteiger partial charge in [-0.3, -0.25) is 9.59 Å². The summed E-state index contributed by atoms with van der Waals surface area (Å²) in [7, 11) is 1.59. The summed E-state index contributed by atoms with van der Waals surface area (Å²) in [6, 6.07) is 16.1. The number of carbonyl (C=O) groups excluding carboxylic acids is 2. The van der Waals surface area contributed by atoms with Gasteiger partial charge in [0.25, 0.3) is 0 Å². The Hall–Kier alpha value is -3.12. The Labute approximate surface area is 165 Å². The third-order valence-corrected chi connectivity index (χ3v) is 4.17. The van der Waals surface area contributed by atoms with E-state index in [4.69, 9.17) is 10.5 Å². The number of hydrogen-bond donors (Lipinski definition) is 3. The molecule has 6 heteroatoms. The summed E-state index contributed by atoms with van der Waals surface area (Å²) in [5.74, 6) is 0.191. The van der Waals surface area contributed by atoms with Gasteiger partial charge in [-0.1, -0.05) is 36.4 Å². The van der Waals surface area contributed by atoms with E-state index in [-0.39, 0.29) is 17.9 Å². The number of amides is 2. The summed E-state index contributed by atoms with van der Waals surface area (Å²) in [4.78, 5) is 24.2. The summed E-state index contributed by atoms with van der Waals surface area (Å²) >= 11 is 0. The van der Waals surface area contributed by atoms with E-state index in [1.165, 1.54) is 11.6 Å². The minimum absolute atomic E-state index is 0.252. The Balaban J connectivity index is 1.97. The molecule has 2 atom stereocenters. The van der Waals surface area contributed by atoms with Crippen molar-refractivity contribution in [3.05, 3.63) is 72.3 Å². The molecule has 148 valence electrons. The second-order valence-corrected chi connectivity index (χ2v) is 6.50. The number of methoxy groups -OCH3 is 1. The first-order chi connectivity index (χ1) is 13.5. The monoisotopic (exact) mass is 381 g/mol. The highest BCUT2D eigenvalue weighted by molar-refractivity contribution is 5.99. The largest absolute Gasteiger partial charge is 0.497 e. The first-order valence-electron chi connectivity index (χ1n) is 9.21. The molecule has 0 aromatic heterocycles. The molecule has 0 aliphatic rings. The highest BCUT2D eigenvalue weighted by Gasteiger charge is 2.13. The van der Waals surface area contributed by atoms with Crippen molar-refractivity contribution in [2.75, 3.05) is 12.4 Å². The quantitative estimate of drug-likeness (QED) is 0.582. The lowest BCUT2D eigenvalue weighted by molar-refractivity contribution is -0.122. The number of ether oxygens (including phenoxy) is 1. The number of rotatable bonds is 9. The zero-order valence-electron chi connectivity index (χ0n) is 16.2. The van der Waals surface area contributed by atoms with Crippen molar-refractivity contribution in [1.82, 2.24) is 5.32 Å². The second kappa shape index (κ2) is 10.9. The van der Waals surface area contributed by atoms with E-state index >= 15 is 0 Å². The van der Waals surface area contributed by atoms with Crippen LogP contribution < -0.4 is 21.1 Å². The number of anilines is 1. The molecule has 2 rings (SSSR count). The number of nitrogens with one attached hydrogen (secondary N) is 2. The van der Waals surface area contributed by atoms with E-state index in [0.29, 0.717) is 17.9 Å². The van der Waals surface area contributed by atoms with Crippen molar-refractivity contribution >= 4 is 17.5 Å². The molecule has 2 aromatic carbocycles. The summed E-state index contributed by atoms with van der Waals surface area (Å²) in [5, 5.41) is 5.65. The van der Waals surface area contributed by atoms with Crippen LogP contribution in [0.4, 0.5) is 5.69 Å². The maximum Gasteiger partial charge on any atom is 0.248 e. The van der Waals surface area contributed by atoms with Gasteiger partial charge in [0, 0.05) is 17.8 Å². The zero-order chi connectivity index (χ0) is 20.4. The summed E-state index contributed by atoms with van der Waals surface area (Å²) < 4.78 is 5.10. The molecule has 28 heavy (non-hydrogen) atoms. The van der Waals surface area contributed by atoms with Gasteiger partial charge in [0.15, 0.2) is 0 Å². The van der Waals surface area contributed by atoms with Gasteiger partial charge >= 0.3 is 0 Å². The van der Waals surface area contributed by atoms with Crippen molar-refractivity contribution in [1.29, 1.82) is 0 Å². The lowest BCUT2D eigenvalue weighted by Gasteiger charge is -2.17. The lowest BCUT2D eigenvalue weighted by Crippen LogP contribution is -2.43. The molecule has 0 spiro atoms. The minimum atomic E-state index is -0.610. The molecular formula is C22H27N3O3. The Morgan fingerprint density at radius 1 is 1.11 bits per heavy atom. The number of benzene rings is 2. The normalized spacial score (nSPS) is 13.0. The molecule has 0 saturated carbocycles. The Morgan fingerprint density at radius 3 is 2.39 bits per heavy atom. The van der Waals surface area contributed by atoms with E-state index in [0.717, 1.165) is 6.42 Å². The molecular weight excluding hydrogens is 354 g/mol. The van der Waals surface area contributed by atoms with Crippen molar-refractivity contribution in [3.63, 3.8) is 0 Å². The molecule has 0 heterocycles. The highest BCUT2D eigenvalue weighted by atomic mass is 16.5. The maximum absolute atomic E-state index is 12.2. The zero-order valence-corrected chi connectivity index (χ0v) is 16.2.